The van der Waals surface area contributed by atoms with E-state index in [0.717, 1.165) is 6.42 Å². The van der Waals surface area contributed by atoms with E-state index in [1.54, 1.807) is 0 Å². The standard InChI is InChI=1S/C12H16O/c1-9(13)11-8-4-6-10-5-2-3-7-12(10)11/h2-3,5,7,9,11,13H,4,6,8H2,1H3/t9-,11?/m1/s1. The Morgan fingerprint density at radius 3 is 2.92 bits per heavy atom. The largest absolute Gasteiger partial charge is 0.393 e. The Morgan fingerprint density at radius 1 is 1.38 bits per heavy atom. The molecule has 0 aromatic heterocycles. The lowest BCUT2D eigenvalue weighted by atomic mass is 9.80. The first-order valence-corrected chi connectivity index (χ1v) is 5.05. The summed E-state index contributed by atoms with van der Waals surface area (Å²) in [5.41, 5.74) is 2.79. The fourth-order valence-corrected chi connectivity index (χ4v) is 2.29. The van der Waals surface area contributed by atoms with Crippen LogP contribution in [0, 0.1) is 0 Å². The van der Waals surface area contributed by atoms with E-state index in [2.05, 4.69) is 24.3 Å². The second-order valence-electron chi connectivity index (χ2n) is 3.94. The Bertz CT molecular complexity index is 291. The van der Waals surface area contributed by atoms with Crippen molar-refractivity contribution in [3.63, 3.8) is 0 Å². The highest BCUT2D eigenvalue weighted by molar-refractivity contribution is 5.33. The van der Waals surface area contributed by atoms with Crippen molar-refractivity contribution in [3.8, 4) is 0 Å². The molecule has 1 aromatic rings. The normalized spacial score (nSPS) is 23.7. The molecule has 2 atom stereocenters. The van der Waals surface area contributed by atoms with Gasteiger partial charge in [-0.2, -0.15) is 0 Å². The summed E-state index contributed by atoms with van der Waals surface area (Å²) in [6.45, 7) is 1.90. The number of aliphatic hydroxyl groups excluding tert-OH is 1. The minimum Gasteiger partial charge on any atom is -0.393 e. The zero-order valence-corrected chi connectivity index (χ0v) is 8.03. The summed E-state index contributed by atoms with van der Waals surface area (Å²) in [4.78, 5) is 0. The van der Waals surface area contributed by atoms with Crippen LogP contribution in [0.15, 0.2) is 24.3 Å². The highest BCUT2D eigenvalue weighted by atomic mass is 16.3. The van der Waals surface area contributed by atoms with Crippen LogP contribution in [-0.2, 0) is 6.42 Å². The van der Waals surface area contributed by atoms with Gasteiger partial charge in [-0.05, 0) is 37.3 Å². The van der Waals surface area contributed by atoms with Crippen molar-refractivity contribution in [3.05, 3.63) is 35.4 Å². The minimum absolute atomic E-state index is 0.207. The van der Waals surface area contributed by atoms with Crippen LogP contribution in [0.1, 0.15) is 36.8 Å². The van der Waals surface area contributed by atoms with Crippen LogP contribution in [0.3, 0.4) is 0 Å². The molecule has 0 bridgehead atoms. The molecule has 0 saturated carbocycles. The van der Waals surface area contributed by atoms with Gasteiger partial charge in [0, 0.05) is 5.92 Å². The molecular formula is C12H16O. The molecule has 1 nitrogen and oxygen atoms in total. The molecule has 0 fully saturated rings. The smallest absolute Gasteiger partial charge is 0.0580 e. The van der Waals surface area contributed by atoms with Gasteiger partial charge < -0.3 is 5.11 Å². The third-order valence-electron chi connectivity index (χ3n) is 3.00. The molecule has 13 heavy (non-hydrogen) atoms. The molecule has 0 heterocycles. The maximum atomic E-state index is 9.62. The molecular weight excluding hydrogens is 160 g/mol. The average Bonchev–Trinajstić information content (AvgIpc) is 2.17. The Morgan fingerprint density at radius 2 is 2.15 bits per heavy atom. The maximum Gasteiger partial charge on any atom is 0.0580 e. The lowest BCUT2D eigenvalue weighted by Crippen LogP contribution is -2.19. The quantitative estimate of drug-likeness (QED) is 0.697. The van der Waals surface area contributed by atoms with Gasteiger partial charge in [-0.1, -0.05) is 24.3 Å². The molecule has 1 unspecified atom stereocenters. The molecule has 1 aromatic carbocycles. The first-order valence-electron chi connectivity index (χ1n) is 5.05. The third kappa shape index (κ3) is 1.61. The second-order valence-corrected chi connectivity index (χ2v) is 3.94. The fraction of sp³-hybridized carbons (Fsp3) is 0.500. The lowest BCUT2D eigenvalue weighted by Gasteiger charge is -2.27. The van der Waals surface area contributed by atoms with E-state index in [4.69, 9.17) is 0 Å². The van der Waals surface area contributed by atoms with Gasteiger partial charge in [-0.25, -0.2) is 0 Å². The number of rotatable bonds is 1. The van der Waals surface area contributed by atoms with Crippen LogP contribution < -0.4 is 0 Å². The Labute approximate surface area is 79.4 Å². The number of aliphatic hydroxyl groups is 1. The van der Waals surface area contributed by atoms with E-state index in [0.29, 0.717) is 5.92 Å². The van der Waals surface area contributed by atoms with E-state index in [1.165, 1.54) is 24.0 Å². The molecule has 0 saturated heterocycles. The van der Waals surface area contributed by atoms with Gasteiger partial charge in [-0.15, -0.1) is 0 Å². The molecule has 0 radical (unpaired) electrons. The second kappa shape index (κ2) is 3.51. The van der Waals surface area contributed by atoms with Crippen molar-refractivity contribution in [1.29, 1.82) is 0 Å². The number of hydrogen-bond acceptors (Lipinski definition) is 1. The molecule has 1 aliphatic carbocycles. The molecule has 1 N–H and O–H groups in total. The molecule has 1 aliphatic rings. The predicted molar refractivity (Wildman–Crippen MR) is 53.8 cm³/mol. The predicted octanol–water partition coefficient (Wildman–Crippen LogP) is 2.49. The summed E-state index contributed by atoms with van der Waals surface area (Å²) >= 11 is 0. The summed E-state index contributed by atoms with van der Waals surface area (Å²) in [6.07, 6.45) is 3.32. The highest BCUT2D eigenvalue weighted by Gasteiger charge is 2.22. The first-order chi connectivity index (χ1) is 6.29. The Kier molecular flexibility index (Phi) is 2.36. The number of benzene rings is 1. The van der Waals surface area contributed by atoms with Gasteiger partial charge in [0.15, 0.2) is 0 Å². The van der Waals surface area contributed by atoms with Gasteiger partial charge in [0.05, 0.1) is 6.10 Å². The molecule has 70 valence electrons. The van der Waals surface area contributed by atoms with E-state index in [-0.39, 0.29) is 6.10 Å². The van der Waals surface area contributed by atoms with Crippen molar-refractivity contribution < 1.29 is 5.11 Å². The van der Waals surface area contributed by atoms with Gasteiger partial charge in [0.25, 0.3) is 0 Å². The van der Waals surface area contributed by atoms with E-state index in [1.807, 2.05) is 6.92 Å². The summed E-state index contributed by atoms with van der Waals surface area (Å²) < 4.78 is 0. The van der Waals surface area contributed by atoms with Crippen LogP contribution in [0.2, 0.25) is 0 Å². The minimum atomic E-state index is -0.207. The van der Waals surface area contributed by atoms with E-state index < -0.39 is 0 Å². The van der Waals surface area contributed by atoms with Crippen LogP contribution >= 0.6 is 0 Å². The van der Waals surface area contributed by atoms with Crippen molar-refractivity contribution in [2.45, 2.75) is 38.2 Å². The van der Waals surface area contributed by atoms with E-state index in [9.17, 15) is 5.11 Å². The van der Waals surface area contributed by atoms with Crippen LogP contribution in [0.4, 0.5) is 0 Å². The monoisotopic (exact) mass is 176 g/mol. The van der Waals surface area contributed by atoms with E-state index >= 15 is 0 Å². The van der Waals surface area contributed by atoms with Crippen molar-refractivity contribution in [2.24, 2.45) is 0 Å². The zero-order chi connectivity index (χ0) is 9.26. The van der Waals surface area contributed by atoms with Gasteiger partial charge in [0.2, 0.25) is 0 Å². The van der Waals surface area contributed by atoms with Crippen LogP contribution in [0.5, 0.6) is 0 Å². The topological polar surface area (TPSA) is 20.2 Å². The maximum absolute atomic E-state index is 9.62. The Balaban J connectivity index is 2.37. The van der Waals surface area contributed by atoms with Crippen LogP contribution in [0.25, 0.3) is 0 Å². The van der Waals surface area contributed by atoms with Crippen LogP contribution in [-0.4, -0.2) is 11.2 Å². The lowest BCUT2D eigenvalue weighted by molar-refractivity contribution is 0.153. The fourth-order valence-electron chi connectivity index (χ4n) is 2.29. The van der Waals surface area contributed by atoms with Gasteiger partial charge in [0.1, 0.15) is 0 Å². The van der Waals surface area contributed by atoms with Crippen molar-refractivity contribution >= 4 is 0 Å². The van der Waals surface area contributed by atoms with Gasteiger partial charge >= 0.3 is 0 Å². The summed E-state index contributed by atoms with van der Waals surface area (Å²) in [5, 5.41) is 9.62. The SMILES string of the molecule is C[C@@H](O)C1CCCc2ccccc21. The summed E-state index contributed by atoms with van der Waals surface area (Å²) in [5.74, 6) is 0.366. The Hall–Kier alpha value is -0.820. The third-order valence-corrected chi connectivity index (χ3v) is 3.00. The zero-order valence-electron chi connectivity index (χ0n) is 8.03. The number of hydrogen-bond donors (Lipinski definition) is 1. The first kappa shape index (κ1) is 8.76. The number of aryl methyl sites for hydroxylation is 1. The summed E-state index contributed by atoms with van der Waals surface area (Å²) in [7, 11) is 0. The van der Waals surface area contributed by atoms with Gasteiger partial charge in [-0.3, -0.25) is 0 Å². The van der Waals surface area contributed by atoms with Crippen molar-refractivity contribution in [1.82, 2.24) is 0 Å². The molecule has 0 aliphatic heterocycles. The average molecular weight is 176 g/mol. The molecule has 0 amide bonds. The molecule has 0 spiro atoms. The molecule has 2 rings (SSSR count). The highest BCUT2D eigenvalue weighted by Crippen LogP contribution is 2.33. The number of fused-ring (bicyclic) bond motifs is 1. The van der Waals surface area contributed by atoms with Crippen molar-refractivity contribution in [2.75, 3.05) is 0 Å². The summed E-state index contributed by atoms with van der Waals surface area (Å²) in [6, 6.07) is 8.50. The molecule has 1 heteroatoms.